The molecule has 5 nitrogen and oxygen atoms in total. The zero-order valence-corrected chi connectivity index (χ0v) is 13.6. The molecule has 0 saturated carbocycles. The van der Waals surface area contributed by atoms with Crippen LogP contribution >= 0.6 is 0 Å². The maximum absolute atomic E-state index is 13.1. The van der Waals surface area contributed by atoms with E-state index in [1.807, 2.05) is 27.7 Å². The van der Waals surface area contributed by atoms with Crippen LogP contribution in [0.15, 0.2) is 18.2 Å². The maximum Gasteiger partial charge on any atom is 0.410 e. The minimum absolute atomic E-state index is 0.0494. The van der Waals surface area contributed by atoms with Crippen molar-refractivity contribution in [1.29, 1.82) is 0 Å². The minimum atomic E-state index is -0.523. The first-order valence-electron chi connectivity index (χ1n) is 7.39. The Morgan fingerprint density at radius 2 is 2.09 bits per heavy atom. The third-order valence-corrected chi connectivity index (χ3v) is 2.95. The second-order valence-corrected chi connectivity index (χ2v) is 6.01. The number of phenolic OH excluding ortho intramolecular Hbond substituents is 1. The highest BCUT2D eigenvalue weighted by molar-refractivity contribution is 5.68. The molecule has 0 atom stereocenters. The fourth-order valence-electron chi connectivity index (χ4n) is 1.84. The van der Waals surface area contributed by atoms with E-state index >= 15 is 0 Å². The maximum atomic E-state index is 13.1. The van der Waals surface area contributed by atoms with E-state index in [4.69, 9.17) is 4.74 Å². The molecule has 0 bridgehead atoms. The second-order valence-electron chi connectivity index (χ2n) is 6.01. The van der Waals surface area contributed by atoms with E-state index in [1.54, 1.807) is 4.90 Å². The zero-order valence-electron chi connectivity index (χ0n) is 13.6. The number of hydrogen-bond acceptors (Lipinski definition) is 4. The van der Waals surface area contributed by atoms with E-state index in [9.17, 15) is 14.3 Å². The van der Waals surface area contributed by atoms with Crippen LogP contribution in [0.25, 0.3) is 0 Å². The predicted octanol–water partition coefficient (Wildman–Crippen LogP) is 2.88. The third-order valence-electron chi connectivity index (χ3n) is 2.95. The molecule has 1 aromatic carbocycles. The number of hydrogen-bond donors (Lipinski definition) is 2. The standard InChI is InChI=1S/C16H25FN2O3/c1-5-19(15(21)22-16(2,3)4)9-8-18-11-12-10-13(17)6-7-14(12)20/h6-7,10,18,20H,5,8-9,11H2,1-4H3. The van der Waals surface area contributed by atoms with Crippen LogP contribution in [0.4, 0.5) is 9.18 Å². The highest BCUT2D eigenvalue weighted by Gasteiger charge is 2.20. The first-order valence-corrected chi connectivity index (χ1v) is 7.39. The summed E-state index contributed by atoms with van der Waals surface area (Å²) < 4.78 is 18.4. The number of phenols is 1. The molecule has 0 aliphatic rings. The number of carbonyl (C=O) groups is 1. The van der Waals surface area contributed by atoms with Crippen LogP contribution in [-0.2, 0) is 11.3 Å². The topological polar surface area (TPSA) is 61.8 Å². The van der Waals surface area contributed by atoms with Crippen molar-refractivity contribution in [2.24, 2.45) is 0 Å². The van der Waals surface area contributed by atoms with Gasteiger partial charge in [0.1, 0.15) is 17.2 Å². The monoisotopic (exact) mass is 312 g/mol. The van der Waals surface area contributed by atoms with Gasteiger partial charge < -0.3 is 20.1 Å². The van der Waals surface area contributed by atoms with Crippen LogP contribution in [0.2, 0.25) is 0 Å². The number of benzene rings is 1. The third kappa shape index (κ3) is 6.30. The van der Waals surface area contributed by atoms with E-state index < -0.39 is 11.4 Å². The molecule has 0 aliphatic heterocycles. The largest absolute Gasteiger partial charge is 0.508 e. The summed E-state index contributed by atoms with van der Waals surface area (Å²) in [6.07, 6.45) is -0.356. The van der Waals surface area contributed by atoms with Crippen LogP contribution in [0.5, 0.6) is 5.75 Å². The number of carbonyl (C=O) groups excluding carboxylic acids is 1. The molecule has 1 rings (SSSR count). The summed E-state index contributed by atoms with van der Waals surface area (Å²) >= 11 is 0. The normalized spacial score (nSPS) is 11.3. The van der Waals surface area contributed by atoms with E-state index in [0.717, 1.165) is 0 Å². The molecule has 1 aromatic rings. The fraction of sp³-hybridized carbons (Fsp3) is 0.562. The Morgan fingerprint density at radius 3 is 2.68 bits per heavy atom. The number of ether oxygens (including phenoxy) is 1. The van der Waals surface area contributed by atoms with Gasteiger partial charge in [0, 0.05) is 31.7 Å². The Bertz CT molecular complexity index is 501. The van der Waals surface area contributed by atoms with Crippen LogP contribution in [-0.4, -0.2) is 41.3 Å². The average Bonchev–Trinajstić information content (AvgIpc) is 2.40. The van der Waals surface area contributed by atoms with Gasteiger partial charge in [-0.25, -0.2) is 9.18 Å². The van der Waals surface area contributed by atoms with Gasteiger partial charge in [0.05, 0.1) is 0 Å². The van der Waals surface area contributed by atoms with Gasteiger partial charge in [-0.2, -0.15) is 0 Å². The van der Waals surface area contributed by atoms with Crippen molar-refractivity contribution in [3.05, 3.63) is 29.6 Å². The first kappa shape index (κ1) is 18.2. The molecule has 0 heterocycles. The molecule has 0 aromatic heterocycles. The number of rotatable bonds is 6. The SMILES string of the molecule is CCN(CCNCc1cc(F)ccc1O)C(=O)OC(C)(C)C. The summed E-state index contributed by atoms with van der Waals surface area (Å²) in [5.74, 6) is -0.341. The molecule has 0 aliphatic carbocycles. The van der Waals surface area contributed by atoms with Crippen LogP contribution in [0.1, 0.15) is 33.3 Å². The smallest absolute Gasteiger partial charge is 0.410 e. The number of halogens is 1. The Morgan fingerprint density at radius 1 is 1.41 bits per heavy atom. The molecule has 0 unspecified atom stereocenters. The van der Waals surface area contributed by atoms with Gasteiger partial charge in [-0.15, -0.1) is 0 Å². The van der Waals surface area contributed by atoms with Crippen LogP contribution in [0, 0.1) is 5.82 Å². The van der Waals surface area contributed by atoms with Gasteiger partial charge in [-0.05, 0) is 45.9 Å². The highest BCUT2D eigenvalue weighted by Crippen LogP contribution is 2.17. The van der Waals surface area contributed by atoms with Crippen molar-refractivity contribution in [2.75, 3.05) is 19.6 Å². The van der Waals surface area contributed by atoms with Crippen molar-refractivity contribution < 1.29 is 19.0 Å². The number of amides is 1. The number of nitrogens with zero attached hydrogens (tertiary/aromatic N) is 1. The number of likely N-dealkylation sites (N-methyl/N-ethyl adjacent to an activating group) is 1. The molecule has 1 amide bonds. The number of aromatic hydroxyl groups is 1. The van der Waals surface area contributed by atoms with Crippen LogP contribution < -0.4 is 5.32 Å². The van der Waals surface area contributed by atoms with Gasteiger partial charge in [-0.1, -0.05) is 0 Å². The lowest BCUT2D eigenvalue weighted by atomic mass is 10.2. The van der Waals surface area contributed by atoms with E-state index in [2.05, 4.69) is 5.32 Å². The van der Waals surface area contributed by atoms with E-state index in [-0.39, 0.29) is 11.8 Å². The Kier molecular flexibility index (Phi) is 6.61. The van der Waals surface area contributed by atoms with Gasteiger partial charge in [0.25, 0.3) is 0 Å². The molecule has 6 heteroatoms. The van der Waals surface area contributed by atoms with Crippen LogP contribution in [0.3, 0.4) is 0 Å². The van der Waals surface area contributed by atoms with Crippen molar-refractivity contribution in [2.45, 2.75) is 39.8 Å². The Labute approximate surface area is 131 Å². The van der Waals surface area contributed by atoms with Gasteiger partial charge >= 0.3 is 6.09 Å². The predicted molar refractivity (Wildman–Crippen MR) is 83.3 cm³/mol. The molecule has 124 valence electrons. The molecule has 0 spiro atoms. The summed E-state index contributed by atoms with van der Waals surface area (Å²) in [5, 5.41) is 12.7. The molecule has 0 fully saturated rings. The fourth-order valence-corrected chi connectivity index (χ4v) is 1.84. The Hall–Kier alpha value is -1.82. The minimum Gasteiger partial charge on any atom is -0.508 e. The van der Waals surface area contributed by atoms with Crippen molar-refractivity contribution in [3.8, 4) is 5.75 Å². The molecule has 22 heavy (non-hydrogen) atoms. The quantitative estimate of drug-likeness (QED) is 0.793. The zero-order chi connectivity index (χ0) is 16.8. The Balaban J connectivity index is 2.41. The average molecular weight is 312 g/mol. The van der Waals surface area contributed by atoms with E-state index in [1.165, 1.54) is 18.2 Å². The molecular weight excluding hydrogens is 287 g/mol. The van der Waals surface area contributed by atoms with Crippen molar-refractivity contribution >= 4 is 6.09 Å². The van der Waals surface area contributed by atoms with Gasteiger partial charge in [-0.3, -0.25) is 0 Å². The van der Waals surface area contributed by atoms with Crippen molar-refractivity contribution in [1.82, 2.24) is 10.2 Å². The highest BCUT2D eigenvalue weighted by atomic mass is 19.1. The van der Waals surface area contributed by atoms with Gasteiger partial charge in [0.2, 0.25) is 0 Å². The second kappa shape index (κ2) is 7.98. The summed E-state index contributed by atoms with van der Waals surface area (Å²) in [4.78, 5) is 13.5. The lowest BCUT2D eigenvalue weighted by molar-refractivity contribution is 0.0262. The molecule has 2 N–H and O–H groups in total. The molecule has 0 saturated heterocycles. The summed E-state index contributed by atoms with van der Waals surface area (Å²) in [6, 6.07) is 3.82. The van der Waals surface area contributed by atoms with E-state index in [0.29, 0.717) is 31.7 Å². The van der Waals surface area contributed by atoms with Gasteiger partial charge in [0.15, 0.2) is 0 Å². The van der Waals surface area contributed by atoms with Crippen molar-refractivity contribution in [3.63, 3.8) is 0 Å². The molecule has 0 radical (unpaired) electrons. The number of nitrogens with one attached hydrogen (secondary N) is 1. The summed E-state index contributed by atoms with van der Waals surface area (Å²) in [5.41, 5.74) is -0.0361. The lowest BCUT2D eigenvalue weighted by Gasteiger charge is -2.26. The molecular formula is C16H25FN2O3. The first-order chi connectivity index (χ1) is 10.2. The lowest BCUT2D eigenvalue weighted by Crippen LogP contribution is -2.40. The summed E-state index contributed by atoms with van der Waals surface area (Å²) in [7, 11) is 0. The summed E-state index contributed by atoms with van der Waals surface area (Å²) in [6.45, 7) is 9.21.